The molecule has 7 nitrogen and oxygen atoms in total. The average molecular weight is 375 g/mol. The lowest BCUT2D eigenvalue weighted by Crippen LogP contribution is -2.28. The first-order valence-corrected chi connectivity index (χ1v) is 9.19. The van der Waals surface area contributed by atoms with Gasteiger partial charge >= 0.3 is 0 Å². The molecule has 1 aliphatic heterocycles. The molecule has 2 aromatic heterocycles. The van der Waals surface area contributed by atoms with Gasteiger partial charge in [-0.2, -0.15) is 5.10 Å². The van der Waals surface area contributed by atoms with E-state index in [2.05, 4.69) is 15.4 Å². The largest absolute Gasteiger partial charge is 0.312 e. The van der Waals surface area contributed by atoms with Crippen LogP contribution in [0.3, 0.4) is 0 Å². The van der Waals surface area contributed by atoms with Gasteiger partial charge in [-0.1, -0.05) is 23.8 Å². The topological polar surface area (TPSA) is 80.1 Å². The molecule has 1 aromatic carbocycles. The molecule has 1 N–H and O–H groups in total. The summed E-state index contributed by atoms with van der Waals surface area (Å²) in [4.78, 5) is 30.7. The second kappa shape index (κ2) is 7.64. The third-order valence-electron chi connectivity index (χ3n) is 4.80. The first-order valence-electron chi connectivity index (χ1n) is 9.19. The summed E-state index contributed by atoms with van der Waals surface area (Å²) in [5, 5.41) is 7.21. The highest BCUT2D eigenvalue weighted by Crippen LogP contribution is 2.26. The van der Waals surface area contributed by atoms with E-state index in [4.69, 9.17) is 0 Å². The summed E-state index contributed by atoms with van der Waals surface area (Å²) in [6, 6.07) is 13.3. The van der Waals surface area contributed by atoms with Crippen LogP contribution in [0, 0.1) is 12.8 Å². The van der Waals surface area contributed by atoms with Crippen molar-refractivity contribution in [2.75, 3.05) is 16.8 Å². The van der Waals surface area contributed by atoms with Crippen LogP contribution in [0.5, 0.6) is 0 Å². The van der Waals surface area contributed by atoms with Crippen LogP contribution < -0.4 is 10.2 Å². The highest BCUT2D eigenvalue weighted by Gasteiger charge is 2.35. The molecule has 142 valence electrons. The number of aryl methyl sites for hydroxylation is 1. The monoisotopic (exact) mass is 375 g/mol. The standard InChI is InChI=1S/C21H21N5O2/c1-15-4-6-18(7-5-15)26-14-17(11-20(26)27)21(28)23-19-8-10-25(24-19)13-16-3-2-9-22-12-16/h2-10,12,17H,11,13-14H2,1H3,(H,23,24,28). The molecule has 1 fully saturated rings. The van der Waals surface area contributed by atoms with Crippen LogP contribution in [0.25, 0.3) is 0 Å². The zero-order chi connectivity index (χ0) is 19.5. The number of benzene rings is 1. The zero-order valence-electron chi connectivity index (χ0n) is 15.6. The van der Waals surface area contributed by atoms with Crippen molar-refractivity contribution in [3.63, 3.8) is 0 Å². The van der Waals surface area contributed by atoms with E-state index in [1.54, 1.807) is 34.2 Å². The molecule has 28 heavy (non-hydrogen) atoms. The number of aromatic nitrogens is 3. The summed E-state index contributed by atoms with van der Waals surface area (Å²) >= 11 is 0. The summed E-state index contributed by atoms with van der Waals surface area (Å²) in [5.74, 6) is -0.131. The smallest absolute Gasteiger partial charge is 0.231 e. The lowest BCUT2D eigenvalue weighted by atomic mass is 10.1. The molecule has 0 aliphatic carbocycles. The lowest BCUT2D eigenvalue weighted by molar-refractivity contribution is -0.122. The first kappa shape index (κ1) is 17.9. The Bertz CT molecular complexity index is 982. The van der Waals surface area contributed by atoms with Gasteiger partial charge < -0.3 is 10.2 Å². The van der Waals surface area contributed by atoms with Crippen LogP contribution in [0.15, 0.2) is 61.1 Å². The van der Waals surface area contributed by atoms with Crippen LogP contribution >= 0.6 is 0 Å². The van der Waals surface area contributed by atoms with E-state index in [1.165, 1.54) is 0 Å². The van der Waals surface area contributed by atoms with E-state index >= 15 is 0 Å². The predicted molar refractivity (Wildman–Crippen MR) is 106 cm³/mol. The maximum absolute atomic E-state index is 12.6. The fourth-order valence-electron chi connectivity index (χ4n) is 3.28. The first-order chi connectivity index (χ1) is 13.6. The molecule has 0 spiro atoms. The van der Waals surface area contributed by atoms with Crippen molar-refractivity contribution >= 4 is 23.3 Å². The Kier molecular flexibility index (Phi) is 4.89. The number of pyridine rings is 1. The second-order valence-electron chi connectivity index (χ2n) is 6.99. The Labute approximate surface area is 163 Å². The highest BCUT2D eigenvalue weighted by molar-refractivity contribution is 6.03. The normalized spacial score (nSPS) is 16.4. The lowest BCUT2D eigenvalue weighted by Gasteiger charge is -2.16. The number of rotatable bonds is 5. The number of anilines is 2. The van der Waals surface area contributed by atoms with Crippen LogP contribution in [0.2, 0.25) is 0 Å². The van der Waals surface area contributed by atoms with Gasteiger partial charge in [-0.15, -0.1) is 0 Å². The fourth-order valence-corrected chi connectivity index (χ4v) is 3.28. The van der Waals surface area contributed by atoms with Gasteiger partial charge in [0.2, 0.25) is 11.8 Å². The third-order valence-corrected chi connectivity index (χ3v) is 4.80. The minimum Gasteiger partial charge on any atom is -0.312 e. The van der Waals surface area contributed by atoms with Gasteiger partial charge in [0, 0.05) is 43.3 Å². The highest BCUT2D eigenvalue weighted by atomic mass is 16.2. The molecule has 1 saturated heterocycles. The number of hydrogen-bond acceptors (Lipinski definition) is 4. The van der Waals surface area contributed by atoms with E-state index in [0.717, 1.165) is 16.8 Å². The van der Waals surface area contributed by atoms with Crippen LogP contribution in [0.1, 0.15) is 17.5 Å². The molecule has 3 heterocycles. The van der Waals surface area contributed by atoms with Gasteiger partial charge in [0.25, 0.3) is 0 Å². The van der Waals surface area contributed by atoms with Gasteiger partial charge in [-0.05, 0) is 30.7 Å². The van der Waals surface area contributed by atoms with E-state index < -0.39 is 5.92 Å². The Morgan fingerprint density at radius 1 is 1.21 bits per heavy atom. The van der Waals surface area contributed by atoms with Gasteiger partial charge in [0.05, 0.1) is 12.5 Å². The predicted octanol–water partition coefficient (Wildman–Crippen LogP) is 2.63. The molecular formula is C21H21N5O2. The summed E-state index contributed by atoms with van der Waals surface area (Å²) in [5.41, 5.74) is 2.98. The van der Waals surface area contributed by atoms with Crippen LogP contribution in [-0.2, 0) is 16.1 Å². The molecular weight excluding hydrogens is 354 g/mol. The molecule has 0 radical (unpaired) electrons. The van der Waals surface area contributed by atoms with Crippen LogP contribution in [0.4, 0.5) is 11.5 Å². The minimum atomic E-state index is -0.391. The number of hydrogen-bond donors (Lipinski definition) is 1. The number of carbonyl (C=O) groups excluding carboxylic acids is 2. The molecule has 1 atom stereocenters. The molecule has 2 amide bonds. The zero-order valence-corrected chi connectivity index (χ0v) is 15.6. The third kappa shape index (κ3) is 3.93. The van der Waals surface area contributed by atoms with Crippen molar-refractivity contribution < 1.29 is 9.59 Å². The van der Waals surface area contributed by atoms with Crippen molar-refractivity contribution in [1.29, 1.82) is 0 Å². The van der Waals surface area contributed by atoms with Gasteiger partial charge in [-0.3, -0.25) is 19.3 Å². The summed E-state index contributed by atoms with van der Waals surface area (Å²) in [6.07, 6.45) is 5.52. The minimum absolute atomic E-state index is 0.0360. The van der Waals surface area contributed by atoms with Crippen molar-refractivity contribution in [3.05, 3.63) is 72.2 Å². The number of nitrogens with zero attached hydrogens (tertiary/aromatic N) is 4. The molecule has 4 rings (SSSR count). The average Bonchev–Trinajstić information content (AvgIpc) is 3.30. The summed E-state index contributed by atoms with van der Waals surface area (Å²) < 4.78 is 1.74. The second-order valence-corrected chi connectivity index (χ2v) is 6.99. The molecule has 7 heteroatoms. The summed E-state index contributed by atoms with van der Waals surface area (Å²) in [7, 11) is 0. The molecule has 3 aromatic rings. The quantitative estimate of drug-likeness (QED) is 0.743. The van der Waals surface area contributed by atoms with Crippen molar-refractivity contribution in [2.45, 2.75) is 19.9 Å². The summed E-state index contributed by atoms with van der Waals surface area (Å²) in [6.45, 7) is 2.95. The molecule has 0 bridgehead atoms. The van der Waals surface area contributed by atoms with Gasteiger partial charge in [-0.25, -0.2) is 0 Å². The Hall–Kier alpha value is -3.48. The number of carbonyl (C=O) groups is 2. The Morgan fingerprint density at radius 3 is 2.79 bits per heavy atom. The van der Waals surface area contributed by atoms with E-state index in [0.29, 0.717) is 18.9 Å². The van der Waals surface area contributed by atoms with Crippen molar-refractivity contribution in [1.82, 2.24) is 14.8 Å². The Balaban J connectivity index is 1.38. The maximum Gasteiger partial charge on any atom is 0.231 e. The fraction of sp³-hybridized carbons (Fsp3) is 0.238. The van der Waals surface area contributed by atoms with E-state index in [-0.39, 0.29) is 18.2 Å². The van der Waals surface area contributed by atoms with Crippen LogP contribution in [-0.4, -0.2) is 33.1 Å². The van der Waals surface area contributed by atoms with Gasteiger partial charge in [0.15, 0.2) is 5.82 Å². The maximum atomic E-state index is 12.6. The molecule has 0 saturated carbocycles. The SMILES string of the molecule is Cc1ccc(N2CC(C(=O)Nc3ccn(Cc4cccnc4)n3)CC2=O)cc1. The Morgan fingerprint density at radius 2 is 2.04 bits per heavy atom. The number of amides is 2. The van der Waals surface area contributed by atoms with Crippen molar-refractivity contribution in [2.24, 2.45) is 5.92 Å². The van der Waals surface area contributed by atoms with E-state index in [9.17, 15) is 9.59 Å². The van der Waals surface area contributed by atoms with Gasteiger partial charge in [0.1, 0.15) is 0 Å². The van der Waals surface area contributed by atoms with E-state index in [1.807, 2.05) is 43.3 Å². The number of nitrogens with one attached hydrogen (secondary N) is 1. The van der Waals surface area contributed by atoms with Crippen molar-refractivity contribution in [3.8, 4) is 0 Å². The molecule has 1 aliphatic rings. The molecule has 1 unspecified atom stereocenters.